The summed E-state index contributed by atoms with van der Waals surface area (Å²) in [5.74, 6) is -0.655. The van der Waals surface area contributed by atoms with Gasteiger partial charge in [0.05, 0.1) is 0 Å². The minimum absolute atomic E-state index is 0. The van der Waals surface area contributed by atoms with Crippen molar-refractivity contribution in [2.75, 3.05) is 0 Å². The molecule has 0 radical (unpaired) electrons. The van der Waals surface area contributed by atoms with E-state index < -0.39 is 5.97 Å². The summed E-state index contributed by atoms with van der Waals surface area (Å²) < 4.78 is 0. The van der Waals surface area contributed by atoms with Crippen molar-refractivity contribution in [3.63, 3.8) is 0 Å². The molecule has 21 heavy (non-hydrogen) atoms. The van der Waals surface area contributed by atoms with E-state index in [0.717, 1.165) is 12.8 Å². The van der Waals surface area contributed by atoms with Gasteiger partial charge in [-0.05, 0) is 6.42 Å². The first-order chi connectivity index (χ1) is 8.77. The second kappa shape index (κ2) is 25.1. The predicted molar refractivity (Wildman–Crippen MR) is 93.2 cm³/mol. The molecule has 0 aliphatic heterocycles. The third-order valence-electron chi connectivity index (χ3n) is 3.49. The Kier molecular flexibility index (Phi) is 34.9. The molecule has 0 aromatic heterocycles. The molecule has 0 saturated carbocycles. The van der Waals surface area contributed by atoms with Gasteiger partial charge in [0.25, 0.3) is 0 Å². The molecule has 4 nitrogen and oxygen atoms in total. The van der Waals surface area contributed by atoms with Crippen LogP contribution in [0.1, 0.15) is 99.7 Å². The Labute approximate surface area is 149 Å². The number of hydrogen-bond acceptors (Lipinski definition) is 1. The van der Waals surface area contributed by atoms with Crippen LogP contribution in [0.3, 0.4) is 0 Å². The van der Waals surface area contributed by atoms with Gasteiger partial charge < -0.3 is 18.9 Å². The molecule has 0 atom stereocenters. The van der Waals surface area contributed by atoms with Crippen LogP contribution in [0.5, 0.6) is 0 Å². The number of rotatable bonds is 14. The van der Waals surface area contributed by atoms with E-state index in [1.165, 1.54) is 70.6 Å². The van der Waals surface area contributed by atoms with Gasteiger partial charge in [0, 0.05) is 6.42 Å². The van der Waals surface area contributed by atoms with Gasteiger partial charge in [-0.2, -0.15) is 0 Å². The topological polar surface area (TPSA) is 100 Å². The van der Waals surface area contributed by atoms with Crippen LogP contribution < -0.4 is 0 Å². The molecule has 5 heteroatoms. The molecule has 0 aliphatic rings. The van der Waals surface area contributed by atoms with Crippen LogP contribution >= 0.6 is 0 Å². The summed E-state index contributed by atoms with van der Waals surface area (Å²) in [4.78, 5) is 10.3. The minimum Gasteiger partial charge on any atom is -1.00 e. The quantitative estimate of drug-likeness (QED) is 0.389. The molecule has 0 aromatic carbocycles. The van der Waals surface area contributed by atoms with E-state index in [4.69, 9.17) is 5.11 Å². The van der Waals surface area contributed by atoms with E-state index in [2.05, 4.69) is 6.92 Å². The normalized spacial score (nSPS) is 9.19. The summed E-state index contributed by atoms with van der Waals surface area (Å²) in [5, 5.41) is 8.49. The van der Waals surface area contributed by atoms with Crippen molar-refractivity contribution in [2.45, 2.75) is 96.8 Å². The van der Waals surface area contributed by atoms with Gasteiger partial charge in [-0.1, -0.05) is 84.0 Å². The SMILES string of the molecule is CCCCCCCCCCCCCCCC(=O)O.O.O.[H-].[H-].[Mg+2]. The number of carboxylic acids is 1. The van der Waals surface area contributed by atoms with Gasteiger partial charge in [0.15, 0.2) is 0 Å². The first kappa shape index (κ1) is 29.2. The van der Waals surface area contributed by atoms with Crippen molar-refractivity contribution in [3.05, 3.63) is 0 Å². The largest absolute Gasteiger partial charge is 2.00 e. The van der Waals surface area contributed by atoms with Crippen molar-refractivity contribution in [1.29, 1.82) is 0 Å². The van der Waals surface area contributed by atoms with Gasteiger partial charge >= 0.3 is 29.0 Å². The van der Waals surface area contributed by atoms with E-state index >= 15 is 0 Å². The maximum Gasteiger partial charge on any atom is 2.00 e. The van der Waals surface area contributed by atoms with Gasteiger partial charge in [-0.25, -0.2) is 0 Å². The molecule has 0 aliphatic carbocycles. The zero-order valence-corrected chi connectivity index (χ0v) is 15.4. The second-order valence-corrected chi connectivity index (χ2v) is 5.39. The van der Waals surface area contributed by atoms with Gasteiger partial charge in [0.1, 0.15) is 0 Å². The molecular formula is C16H38MgO4. The minimum atomic E-state index is -0.655. The maximum atomic E-state index is 10.3. The summed E-state index contributed by atoms with van der Waals surface area (Å²) in [7, 11) is 0. The Morgan fingerprint density at radius 3 is 1.29 bits per heavy atom. The van der Waals surface area contributed by atoms with Crippen molar-refractivity contribution < 1.29 is 23.7 Å². The first-order valence-electron chi connectivity index (χ1n) is 7.99. The summed E-state index contributed by atoms with van der Waals surface area (Å²) in [6.45, 7) is 2.26. The van der Waals surface area contributed by atoms with Gasteiger partial charge in [0.2, 0.25) is 0 Å². The molecule has 0 fully saturated rings. The Morgan fingerprint density at radius 1 is 0.714 bits per heavy atom. The predicted octanol–water partition coefficient (Wildman–Crippen LogP) is 3.75. The van der Waals surface area contributed by atoms with Crippen molar-refractivity contribution >= 4 is 29.0 Å². The van der Waals surface area contributed by atoms with E-state index in [9.17, 15) is 4.79 Å². The molecule has 0 amide bonds. The fourth-order valence-electron chi connectivity index (χ4n) is 2.29. The van der Waals surface area contributed by atoms with E-state index in [1.807, 2.05) is 0 Å². The van der Waals surface area contributed by atoms with Crippen molar-refractivity contribution in [3.8, 4) is 0 Å². The second-order valence-electron chi connectivity index (χ2n) is 5.39. The molecule has 0 heterocycles. The molecule has 0 saturated heterocycles. The number of unbranched alkanes of at least 4 members (excludes halogenated alkanes) is 12. The molecule has 128 valence electrons. The fraction of sp³-hybridized carbons (Fsp3) is 0.938. The Bertz CT molecular complexity index is 199. The van der Waals surface area contributed by atoms with Crippen LogP contribution in [0.2, 0.25) is 0 Å². The van der Waals surface area contributed by atoms with Crippen molar-refractivity contribution in [2.24, 2.45) is 0 Å². The standard InChI is InChI=1S/C16H32O2.Mg.2H2O.2H/c1-2-3-4-5-6-7-8-9-10-11-12-13-14-15-16(17)18;;;;;/h2-15H2,1H3,(H,17,18);;2*1H2;;/q;+2;;;2*-1. The van der Waals surface area contributed by atoms with E-state index in [0.29, 0.717) is 6.42 Å². The van der Waals surface area contributed by atoms with Crippen LogP contribution in [0.4, 0.5) is 0 Å². The van der Waals surface area contributed by atoms with Crippen LogP contribution in [0.25, 0.3) is 0 Å². The summed E-state index contributed by atoms with van der Waals surface area (Å²) in [5.41, 5.74) is 0. The molecule has 0 unspecified atom stereocenters. The monoisotopic (exact) mass is 318 g/mol. The summed E-state index contributed by atoms with van der Waals surface area (Å²) in [6, 6.07) is 0. The summed E-state index contributed by atoms with van der Waals surface area (Å²) in [6.07, 6.45) is 17.3. The number of hydrogen-bond donors (Lipinski definition) is 1. The van der Waals surface area contributed by atoms with Crippen LogP contribution in [-0.2, 0) is 4.79 Å². The maximum absolute atomic E-state index is 10.3. The molecular weight excluding hydrogens is 280 g/mol. The first-order valence-corrected chi connectivity index (χ1v) is 7.99. The van der Waals surface area contributed by atoms with Crippen LogP contribution in [0.15, 0.2) is 0 Å². The average molecular weight is 319 g/mol. The van der Waals surface area contributed by atoms with Crippen LogP contribution in [0, 0.1) is 0 Å². The molecule has 5 N–H and O–H groups in total. The van der Waals surface area contributed by atoms with Gasteiger partial charge in [-0.15, -0.1) is 0 Å². The molecule has 0 spiro atoms. The van der Waals surface area contributed by atoms with E-state index in [1.54, 1.807) is 0 Å². The summed E-state index contributed by atoms with van der Waals surface area (Å²) >= 11 is 0. The zero-order chi connectivity index (χ0) is 13.5. The average Bonchev–Trinajstić information content (AvgIpc) is 2.34. The number of aliphatic carboxylic acids is 1. The Hall–Kier alpha value is 0.156. The van der Waals surface area contributed by atoms with Crippen LogP contribution in [-0.4, -0.2) is 45.1 Å². The number of carboxylic acid groups (broad SMARTS) is 1. The molecule has 0 bridgehead atoms. The van der Waals surface area contributed by atoms with E-state index in [-0.39, 0.29) is 36.9 Å². The van der Waals surface area contributed by atoms with Crippen molar-refractivity contribution in [1.82, 2.24) is 0 Å². The number of carbonyl (C=O) groups is 1. The Morgan fingerprint density at radius 2 is 1.00 bits per heavy atom. The molecule has 0 rings (SSSR count). The molecule has 0 aromatic rings. The van der Waals surface area contributed by atoms with Gasteiger partial charge in [-0.3, -0.25) is 4.79 Å². The third kappa shape index (κ3) is 28.9. The fourth-order valence-corrected chi connectivity index (χ4v) is 2.29. The third-order valence-corrected chi connectivity index (χ3v) is 3.49. The Balaban J connectivity index is -0.000000144. The zero-order valence-electron chi connectivity index (χ0n) is 16.0. The smallest absolute Gasteiger partial charge is 1.00 e.